The maximum atomic E-state index is 13.5. The first-order chi connectivity index (χ1) is 16.8. The number of unbranched alkanes of at least 4 members (excludes halogenated alkanes) is 2. The fourth-order valence-corrected chi connectivity index (χ4v) is 10.1. The number of halogens is 1. The van der Waals surface area contributed by atoms with Gasteiger partial charge in [-0.15, -0.1) is 11.8 Å². The number of thioether (sulfide) groups is 1. The number of benzene rings is 1. The molecular formula is C25H25ClN2O5S2. The summed E-state index contributed by atoms with van der Waals surface area (Å²) in [6.07, 6.45) is 2.83. The molecule has 184 valence electrons. The van der Waals surface area contributed by atoms with Gasteiger partial charge in [0.15, 0.2) is 0 Å². The molecule has 3 fully saturated rings. The number of thiazole rings is 1. The lowest BCUT2D eigenvalue weighted by molar-refractivity contribution is -0.141. The number of fused-ring (bicyclic) bond motifs is 9. The highest BCUT2D eigenvalue weighted by molar-refractivity contribution is 8.00. The van der Waals surface area contributed by atoms with Crippen molar-refractivity contribution in [2.24, 2.45) is 29.6 Å². The number of nitrogens with zero attached hydrogens (tertiary/aromatic N) is 1. The first-order valence-corrected chi connectivity index (χ1v) is 14.1. The highest BCUT2D eigenvalue weighted by atomic mass is 35.5. The van der Waals surface area contributed by atoms with E-state index in [1.54, 1.807) is 11.8 Å². The average Bonchev–Trinajstić information content (AvgIpc) is 3.54. The van der Waals surface area contributed by atoms with Crippen LogP contribution in [0.1, 0.15) is 48.5 Å². The summed E-state index contributed by atoms with van der Waals surface area (Å²) in [5, 5.41) is 10.5. The van der Waals surface area contributed by atoms with Crippen LogP contribution in [0, 0.1) is 29.6 Å². The maximum absolute atomic E-state index is 13.5. The van der Waals surface area contributed by atoms with Gasteiger partial charge in [-0.2, -0.15) is 0 Å². The van der Waals surface area contributed by atoms with Crippen molar-refractivity contribution in [3.8, 4) is 0 Å². The van der Waals surface area contributed by atoms with E-state index in [1.165, 1.54) is 16.2 Å². The van der Waals surface area contributed by atoms with Gasteiger partial charge in [0.25, 0.3) is 0 Å². The van der Waals surface area contributed by atoms with E-state index in [0.717, 1.165) is 21.9 Å². The van der Waals surface area contributed by atoms with Crippen LogP contribution in [0.2, 0.25) is 5.02 Å². The van der Waals surface area contributed by atoms with Crippen LogP contribution in [-0.4, -0.2) is 44.6 Å². The molecule has 7 unspecified atom stereocenters. The highest BCUT2D eigenvalue weighted by Crippen LogP contribution is 2.68. The number of carbonyl (C=O) groups is 3. The minimum Gasteiger partial charge on any atom is -0.481 e. The van der Waals surface area contributed by atoms with Crippen LogP contribution in [0.4, 0.5) is 0 Å². The number of amides is 2. The second kappa shape index (κ2) is 8.78. The summed E-state index contributed by atoms with van der Waals surface area (Å²) in [5.41, 5.74) is 1.09. The molecule has 7 nitrogen and oxygen atoms in total. The Balaban J connectivity index is 1.28. The van der Waals surface area contributed by atoms with E-state index in [2.05, 4.69) is 4.98 Å². The topological polar surface area (TPSA) is 108 Å². The number of likely N-dealkylation sites (tertiary alicyclic amines) is 1. The number of carboxylic acid groups (broad SMARTS) is 1. The van der Waals surface area contributed by atoms with Crippen molar-refractivity contribution >= 4 is 52.5 Å². The summed E-state index contributed by atoms with van der Waals surface area (Å²) >= 11 is 9.09. The molecule has 0 spiro atoms. The Morgan fingerprint density at radius 1 is 1.06 bits per heavy atom. The molecule has 2 amide bonds. The molecular weight excluding hydrogens is 508 g/mol. The zero-order chi connectivity index (χ0) is 24.4. The number of imide groups is 1. The third-order valence-electron chi connectivity index (χ3n) is 8.32. The first-order valence-electron chi connectivity index (χ1n) is 12.1. The monoisotopic (exact) mass is 532 g/mol. The van der Waals surface area contributed by atoms with Crippen molar-refractivity contribution in [2.45, 2.75) is 48.3 Å². The van der Waals surface area contributed by atoms with Gasteiger partial charge in [0.1, 0.15) is 0 Å². The maximum Gasteiger partial charge on any atom is 0.305 e. The smallest absolute Gasteiger partial charge is 0.305 e. The predicted octanol–water partition coefficient (Wildman–Crippen LogP) is 4.21. The SMILES string of the molecule is O=C(O)CCCCCN1C(=O)C2C3CC(C2C1=O)C1C(c2ccc(Cl)cc2)c2sc(=O)[nH]c2SC31. The number of rotatable bonds is 7. The minimum absolute atomic E-state index is 0.00128. The van der Waals surface area contributed by atoms with E-state index in [0.29, 0.717) is 30.8 Å². The molecule has 4 aliphatic rings. The molecule has 2 aromatic rings. The molecule has 10 heteroatoms. The number of nitrogens with one attached hydrogen (secondary N) is 1. The number of H-pyrrole nitrogens is 1. The molecule has 2 saturated carbocycles. The van der Waals surface area contributed by atoms with Crippen molar-refractivity contribution in [1.82, 2.24) is 9.88 Å². The molecule has 2 aliphatic heterocycles. The summed E-state index contributed by atoms with van der Waals surface area (Å²) in [6, 6.07) is 7.77. The number of aliphatic carboxylic acids is 1. The van der Waals surface area contributed by atoms with Crippen molar-refractivity contribution < 1.29 is 19.5 Å². The van der Waals surface area contributed by atoms with Crippen LogP contribution >= 0.6 is 34.7 Å². The third-order valence-corrected chi connectivity index (χ3v) is 11.2. The summed E-state index contributed by atoms with van der Waals surface area (Å²) in [5.74, 6) is -1.12. The van der Waals surface area contributed by atoms with Gasteiger partial charge in [0, 0.05) is 34.0 Å². The standard InChI is InChI=1S/C25H25ClN2O5S2/c26-12-7-5-11(6-8-12)16-17-13-10-14(20(17)34-22-21(16)35-25(33)27-22)19-18(13)23(31)28(24(19)32)9-3-1-2-4-15(29)30/h5-8,13-14,16-20H,1-4,9-10H2,(H,27,33)(H,29,30). The second-order valence-electron chi connectivity index (χ2n) is 10.0. The Bertz CT molecular complexity index is 1260. The Hall–Kier alpha value is -2.10. The van der Waals surface area contributed by atoms with Gasteiger partial charge in [0.05, 0.1) is 16.9 Å². The molecule has 7 atom stereocenters. The largest absolute Gasteiger partial charge is 0.481 e. The predicted molar refractivity (Wildman–Crippen MR) is 133 cm³/mol. The molecule has 0 radical (unpaired) electrons. The average molecular weight is 533 g/mol. The number of carbonyl (C=O) groups excluding carboxylic acids is 2. The Morgan fingerprint density at radius 2 is 1.77 bits per heavy atom. The van der Waals surface area contributed by atoms with Crippen LogP contribution in [0.5, 0.6) is 0 Å². The number of hydrogen-bond donors (Lipinski definition) is 2. The summed E-state index contributed by atoms with van der Waals surface area (Å²) in [7, 11) is 0. The van der Waals surface area contributed by atoms with Gasteiger partial charge < -0.3 is 10.1 Å². The van der Waals surface area contributed by atoms with Crippen LogP contribution in [-0.2, 0) is 14.4 Å². The van der Waals surface area contributed by atoms with E-state index in [4.69, 9.17) is 16.7 Å². The molecule has 2 bridgehead atoms. The lowest BCUT2D eigenvalue weighted by Crippen LogP contribution is -2.42. The molecule has 2 N–H and O–H groups in total. The van der Waals surface area contributed by atoms with Crippen molar-refractivity contribution in [1.29, 1.82) is 0 Å². The van der Waals surface area contributed by atoms with E-state index in [9.17, 15) is 19.2 Å². The fraction of sp³-hybridized carbons (Fsp3) is 0.520. The van der Waals surface area contributed by atoms with Gasteiger partial charge >= 0.3 is 10.8 Å². The second-order valence-corrected chi connectivity index (χ2v) is 12.7. The van der Waals surface area contributed by atoms with E-state index < -0.39 is 5.97 Å². The lowest BCUT2D eigenvalue weighted by Gasteiger charge is -2.43. The molecule has 3 heterocycles. The summed E-state index contributed by atoms with van der Waals surface area (Å²) in [4.78, 5) is 55.4. The van der Waals surface area contributed by atoms with Crippen molar-refractivity contribution in [3.63, 3.8) is 0 Å². The van der Waals surface area contributed by atoms with Crippen molar-refractivity contribution in [3.05, 3.63) is 49.4 Å². The van der Waals surface area contributed by atoms with Crippen LogP contribution in [0.15, 0.2) is 34.1 Å². The van der Waals surface area contributed by atoms with Gasteiger partial charge in [-0.05, 0) is 54.7 Å². The quantitative estimate of drug-likeness (QED) is 0.408. The molecule has 6 rings (SSSR count). The van der Waals surface area contributed by atoms with Gasteiger partial charge in [-0.25, -0.2) is 0 Å². The minimum atomic E-state index is -0.824. The Morgan fingerprint density at radius 3 is 2.49 bits per heavy atom. The zero-order valence-corrected chi connectivity index (χ0v) is 21.2. The number of carboxylic acids is 1. The fourth-order valence-electron chi connectivity index (χ4n) is 7.07. The molecule has 2 aliphatic carbocycles. The van der Waals surface area contributed by atoms with Gasteiger partial charge in [-0.1, -0.05) is 41.5 Å². The molecule has 35 heavy (non-hydrogen) atoms. The summed E-state index contributed by atoms with van der Waals surface area (Å²) < 4.78 is 0. The first kappa shape index (κ1) is 23.3. The number of aromatic amines is 1. The number of aromatic nitrogens is 1. The third kappa shape index (κ3) is 3.69. The Labute approximate surface area is 215 Å². The number of hydrogen-bond acceptors (Lipinski definition) is 6. The highest BCUT2D eigenvalue weighted by Gasteiger charge is 2.69. The Kier molecular flexibility index (Phi) is 5.85. The molecule has 1 saturated heterocycles. The zero-order valence-electron chi connectivity index (χ0n) is 18.8. The van der Waals surface area contributed by atoms with Gasteiger partial charge in [-0.3, -0.25) is 24.1 Å². The normalized spacial score (nSPS) is 32.6. The van der Waals surface area contributed by atoms with E-state index in [1.807, 2.05) is 24.3 Å². The van der Waals surface area contributed by atoms with E-state index in [-0.39, 0.29) is 63.9 Å². The van der Waals surface area contributed by atoms with Crippen LogP contribution in [0.3, 0.4) is 0 Å². The van der Waals surface area contributed by atoms with Crippen molar-refractivity contribution in [2.75, 3.05) is 6.54 Å². The lowest BCUT2D eigenvalue weighted by atomic mass is 9.68. The van der Waals surface area contributed by atoms with Gasteiger partial charge in [0.2, 0.25) is 11.8 Å². The van der Waals surface area contributed by atoms with Crippen LogP contribution < -0.4 is 4.87 Å². The van der Waals surface area contributed by atoms with E-state index >= 15 is 0 Å². The molecule has 1 aromatic heterocycles. The summed E-state index contributed by atoms with van der Waals surface area (Å²) in [6.45, 7) is 0.369. The molecule has 1 aromatic carbocycles. The van der Waals surface area contributed by atoms with Crippen LogP contribution in [0.25, 0.3) is 0 Å².